The molecule has 86 valence electrons. The maximum Gasteiger partial charge on any atom is 0.0723 e. The lowest BCUT2D eigenvalue weighted by atomic mass is 10.2. The molecule has 2 aromatic heterocycles. The van der Waals surface area contributed by atoms with Gasteiger partial charge in [-0.25, -0.2) is 0 Å². The number of anilines is 1. The number of rotatable bonds is 2. The summed E-state index contributed by atoms with van der Waals surface area (Å²) in [5.74, 6) is 0. The number of para-hydroxylation sites is 1. The summed E-state index contributed by atoms with van der Waals surface area (Å²) in [6.45, 7) is 0. The number of pyridine rings is 1. The average Bonchev–Trinajstić information content (AvgIpc) is 2.82. The van der Waals surface area contributed by atoms with E-state index in [4.69, 9.17) is 0 Å². The lowest BCUT2D eigenvalue weighted by Crippen LogP contribution is -2.06. The van der Waals surface area contributed by atoms with E-state index in [2.05, 4.69) is 16.5 Å². The number of benzene rings is 1. The van der Waals surface area contributed by atoms with Crippen LogP contribution < -0.4 is 5.43 Å². The summed E-state index contributed by atoms with van der Waals surface area (Å²) in [5.41, 5.74) is 5.36. The minimum Gasteiger partial charge on any atom is -0.294 e. The highest BCUT2D eigenvalue weighted by Gasteiger charge is 1.99. The molecule has 0 saturated carbocycles. The number of hydrogen-bond donors (Lipinski definition) is 1. The Morgan fingerprint density at radius 2 is 1.71 bits per heavy atom. The van der Waals surface area contributed by atoms with Crippen molar-refractivity contribution in [3.05, 3.63) is 61.1 Å². The van der Waals surface area contributed by atoms with Gasteiger partial charge in [0.25, 0.3) is 0 Å². The molecule has 0 bridgehead atoms. The van der Waals surface area contributed by atoms with Gasteiger partial charge in [-0.15, -0.1) is 12.4 Å². The van der Waals surface area contributed by atoms with Crippen molar-refractivity contribution in [2.24, 2.45) is 0 Å². The van der Waals surface area contributed by atoms with Gasteiger partial charge in [-0.2, -0.15) is 0 Å². The van der Waals surface area contributed by atoms with Crippen molar-refractivity contribution in [1.29, 1.82) is 0 Å². The molecule has 0 atom stereocenters. The zero-order valence-corrected chi connectivity index (χ0v) is 9.89. The molecule has 0 unspecified atom stereocenters. The number of nitrogens with one attached hydrogen (secondary N) is 1. The maximum absolute atomic E-state index is 4.32. The normalized spacial score (nSPS) is 9.88. The van der Waals surface area contributed by atoms with Crippen molar-refractivity contribution in [1.82, 2.24) is 9.66 Å². The van der Waals surface area contributed by atoms with Crippen molar-refractivity contribution in [2.45, 2.75) is 0 Å². The molecule has 3 rings (SSSR count). The first-order valence-corrected chi connectivity index (χ1v) is 5.17. The Balaban J connectivity index is 0.00000108. The summed E-state index contributed by atoms with van der Waals surface area (Å²) in [6.07, 6.45) is 5.75. The molecule has 0 saturated heterocycles. The van der Waals surface area contributed by atoms with Crippen molar-refractivity contribution in [2.75, 3.05) is 5.43 Å². The maximum atomic E-state index is 4.32. The molecule has 0 spiro atoms. The second-order valence-electron chi connectivity index (χ2n) is 3.58. The Labute approximate surface area is 105 Å². The predicted molar refractivity (Wildman–Crippen MR) is 72.4 cm³/mol. The first kappa shape index (κ1) is 11.5. The van der Waals surface area contributed by atoms with Crippen molar-refractivity contribution in [3.8, 4) is 0 Å². The monoisotopic (exact) mass is 245 g/mol. The second kappa shape index (κ2) is 4.89. The van der Waals surface area contributed by atoms with Crippen LogP contribution in [0.4, 0.5) is 5.69 Å². The van der Waals surface area contributed by atoms with E-state index in [-0.39, 0.29) is 12.4 Å². The van der Waals surface area contributed by atoms with Gasteiger partial charge < -0.3 is 0 Å². The molecule has 1 aromatic carbocycles. The number of fused-ring (bicyclic) bond motifs is 1. The predicted octanol–water partition coefficient (Wildman–Crippen LogP) is 3.33. The molecule has 2 heterocycles. The molecule has 0 radical (unpaired) electrons. The lowest BCUT2D eigenvalue weighted by molar-refractivity contribution is 0.973. The molecule has 4 heteroatoms. The fourth-order valence-electron chi connectivity index (χ4n) is 1.74. The van der Waals surface area contributed by atoms with E-state index >= 15 is 0 Å². The standard InChI is InChI=1S/C13H11N3.ClH/c1-2-6-12-11(5-1)13(7-8-14-12)15-16-9-3-4-10-16;/h1-10H,(H,14,15);1H. The summed E-state index contributed by atoms with van der Waals surface area (Å²) in [6, 6.07) is 14.0. The zero-order valence-electron chi connectivity index (χ0n) is 9.08. The number of hydrogen-bond acceptors (Lipinski definition) is 2. The van der Waals surface area contributed by atoms with Crippen LogP contribution in [0.5, 0.6) is 0 Å². The Morgan fingerprint density at radius 1 is 0.941 bits per heavy atom. The van der Waals surface area contributed by atoms with E-state index in [0.717, 1.165) is 16.6 Å². The fourth-order valence-corrected chi connectivity index (χ4v) is 1.74. The van der Waals surface area contributed by atoms with Gasteiger partial charge in [0.1, 0.15) is 0 Å². The molecular weight excluding hydrogens is 234 g/mol. The summed E-state index contributed by atoms with van der Waals surface area (Å²) in [4.78, 5) is 4.32. The molecule has 3 nitrogen and oxygen atoms in total. The van der Waals surface area contributed by atoms with Crippen molar-refractivity contribution < 1.29 is 0 Å². The topological polar surface area (TPSA) is 29.9 Å². The van der Waals surface area contributed by atoms with Crippen LogP contribution in [-0.2, 0) is 0 Å². The highest BCUT2D eigenvalue weighted by Crippen LogP contribution is 2.20. The summed E-state index contributed by atoms with van der Waals surface area (Å²) in [7, 11) is 0. The summed E-state index contributed by atoms with van der Waals surface area (Å²) < 4.78 is 1.92. The average molecular weight is 246 g/mol. The smallest absolute Gasteiger partial charge is 0.0723 e. The van der Waals surface area contributed by atoms with E-state index in [1.54, 1.807) is 0 Å². The third kappa shape index (κ3) is 2.24. The molecule has 0 amide bonds. The van der Waals surface area contributed by atoms with Gasteiger partial charge in [-0.3, -0.25) is 15.1 Å². The van der Waals surface area contributed by atoms with Gasteiger partial charge in [0, 0.05) is 24.0 Å². The zero-order chi connectivity index (χ0) is 10.8. The fraction of sp³-hybridized carbons (Fsp3) is 0. The van der Waals surface area contributed by atoms with E-state index in [0.29, 0.717) is 0 Å². The Hall–Kier alpha value is -2.00. The Morgan fingerprint density at radius 3 is 2.53 bits per heavy atom. The van der Waals surface area contributed by atoms with Gasteiger partial charge in [0.2, 0.25) is 0 Å². The van der Waals surface area contributed by atoms with Gasteiger partial charge >= 0.3 is 0 Å². The molecule has 0 aliphatic rings. The highest BCUT2D eigenvalue weighted by molar-refractivity contribution is 5.90. The summed E-state index contributed by atoms with van der Waals surface area (Å²) in [5, 5.41) is 1.12. The lowest BCUT2D eigenvalue weighted by Gasteiger charge is -2.09. The van der Waals surface area contributed by atoms with E-state index < -0.39 is 0 Å². The Kier molecular flexibility index (Phi) is 3.30. The van der Waals surface area contributed by atoms with Crippen LogP contribution in [0.3, 0.4) is 0 Å². The second-order valence-corrected chi connectivity index (χ2v) is 3.58. The first-order valence-electron chi connectivity index (χ1n) is 5.17. The minimum atomic E-state index is 0. The third-order valence-electron chi connectivity index (χ3n) is 2.50. The molecule has 17 heavy (non-hydrogen) atoms. The van der Waals surface area contributed by atoms with Gasteiger partial charge in [0.05, 0.1) is 11.2 Å². The van der Waals surface area contributed by atoms with E-state index in [9.17, 15) is 0 Å². The number of halogens is 1. The van der Waals surface area contributed by atoms with Gasteiger partial charge in [-0.1, -0.05) is 18.2 Å². The van der Waals surface area contributed by atoms with Crippen LogP contribution in [0.15, 0.2) is 61.1 Å². The number of nitrogens with zero attached hydrogens (tertiary/aromatic N) is 2. The van der Waals surface area contributed by atoms with Crippen LogP contribution in [0.25, 0.3) is 10.9 Å². The van der Waals surface area contributed by atoms with Gasteiger partial charge in [0.15, 0.2) is 0 Å². The minimum absolute atomic E-state index is 0. The largest absolute Gasteiger partial charge is 0.294 e. The highest BCUT2D eigenvalue weighted by atomic mass is 35.5. The van der Waals surface area contributed by atoms with Gasteiger partial charge in [-0.05, 0) is 24.3 Å². The van der Waals surface area contributed by atoms with E-state index in [1.807, 2.05) is 59.7 Å². The van der Waals surface area contributed by atoms with Crippen LogP contribution in [0.2, 0.25) is 0 Å². The molecular formula is C13H12ClN3. The molecule has 0 fully saturated rings. The quantitative estimate of drug-likeness (QED) is 0.751. The molecule has 1 N–H and O–H groups in total. The third-order valence-corrected chi connectivity index (χ3v) is 2.50. The number of aromatic nitrogens is 2. The molecule has 3 aromatic rings. The van der Waals surface area contributed by atoms with Crippen LogP contribution >= 0.6 is 12.4 Å². The van der Waals surface area contributed by atoms with Crippen molar-refractivity contribution in [3.63, 3.8) is 0 Å². The molecule has 0 aliphatic carbocycles. The SMILES string of the molecule is Cl.c1ccc2c(Nn3cccc3)ccnc2c1. The Bertz CT molecular complexity index is 600. The first-order chi connectivity index (χ1) is 7.93. The van der Waals surface area contributed by atoms with Crippen LogP contribution in [-0.4, -0.2) is 9.66 Å². The van der Waals surface area contributed by atoms with E-state index in [1.165, 1.54) is 0 Å². The summed E-state index contributed by atoms with van der Waals surface area (Å²) >= 11 is 0. The van der Waals surface area contributed by atoms with Crippen LogP contribution in [0.1, 0.15) is 0 Å². The molecule has 0 aliphatic heterocycles. The van der Waals surface area contributed by atoms with Crippen LogP contribution in [0, 0.1) is 0 Å². The van der Waals surface area contributed by atoms with Crippen molar-refractivity contribution >= 4 is 29.0 Å².